The van der Waals surface area contributed by atoms with Crippen LogP contribution in [-0.4, -0.2) is 51.0 Å². The summed E-state index contributed by atoms with van der Waals surface area (Å²) >= 11 is 3.44. The van der Waals surface area contributed by atoms with Crippen molar-refractivity contribution in [2.45, 2.75) is 57.9 Å². The molecule has 6 N–H and O–H groups in total. The fourth-order valence-electron chi connectivity index (χ4n) is 6.24. The molecule has 57 heavy (non-hydrogen) atoms. The van der Waals surface area contributed by atoms with Gasteiger partial charge in [0.25, 0.3) is 11.8 Å². The molecule has 0 aliphatic carbocycles. The maximum absolute atomic E-state index is 14.3. The maximum Gasteiger partial charge on any atom is 0.251 e. The van der Waals surface area contributed by atoms with Gasteiger partial charge in [0, 0.05) is 33.9 Å². The van der Waals surface area contributed by atoms with Crippen LogP contribution in [0.4, 0.5) is 11.4 Å². The van der Waals surface area contributed by atoms with E-state index in [1.165, 1.54) is 22.5 Å². The van der Waals surface area contributed by atoms with Gasteiger partial charge in [-0.25, -0.2) is 8.42 Å². The summed E-state index contributed by atoms with van der Waals surface area (Å²) in [5.74, 6) is -1.22. The molecule has 0 radical (unpaired) electrons. The predicted octanol–water partition coefficient (Wildman–Crippen LogP) is 6.69. The van der Waals surface area contributed by atoms with Crippen LogP contribution in [0.2, 0.25) is 0 Å². The molecule has 0 heterocycles. The Hall–Kier alpha value is -5.50. The van der Waals surface area contributed by atoms with Crippen LogP contribution in [0.5, 0.6) is 0 Å². The van der Waals surface area contributed by atoms with Crippen molar-refractivity contribution < 1.29 is 22.8 Å². The van der Waals surface area contributed by atoms with Gasteiger partial charge in [-0.2, -0.15) is 0 Å². The summed E-state index contributed by atoms with van der Waals surface area (Å²) in [6.07, 6.45) is 1.52. The molecule has 0 spiro atoms. The number of anilines is 2. The van der Waals surface area contributed by atoms with Crippen LogP contribution < -0.4 is 31.3 Å². The lowest BCUT2D eigenvalue weighted by Gasteiger charge is -2.25. The molecule has 13 heteroatoms. The Labute approximate surface area is 343 Å². The first-order chi connectivity index (χ1) is 27.2. The molecule has 5 rings (SSSR count). The van der Waals surface area contributed by atoms with E-state index in [2.05, 4.69) is 37.2 Å². The topological polar surface area (TPSA) is 163 Å². The van der Waals surface area contributed by atoms with E-state index >= 15 is 0 Å². The highest BCUT2D eigenvalue weighted by Crippen LogP contribution is 2.26. The quantitative estimate of drug-likeness (QED) is 0.0652. The van der Waals surface area contributed by atoms with Gasteiger partial charge in [-0.1, -0.05) is 101 Å². The van der Waals surface area contributed by atoms with Gasteiger partial charge < -0.3 is 27.0 Å². The number of sulfonamides is 1. The number of hydrogen-bond donors (Lipinski definition) is 5. The van der Waals surface area contributed by atoms with Crippen molar-refractivity contribution in [3.63, 3.8) is 0 Å². The van der Waals surface area contributed by atoms with Gasteiger partial charge >= 0.3 is 0 Å². The zero-order valence-electron chi connectivity index (χ0n) is 32.4. The van der Waals surface area contributed by atoms with Gasteiger partial charge in [0.1, 0.15) is 0 Å². The Morgan fingerprint density at radius 1 is 0.684 bits per heavy atom. The molecule has 0 aromatic heterocycles. The number of nitrogens with one attached hydrogen (secondary N) is 4. The second-order valence-corrected chi connectivity index (χ2v) is 17.0. The minimum Gasteiger partial charge on any atom is -0.399 e. The number of halogens is 1. The van der Waals surface area contributed by atoms with Gasteiger partial charge in [0.05, 0.1) is 36.6 Å². The standard InChI is InChI=1S/C44H49BrN6O5S/c1-29(35-17-21-39(46)22-18-35)48-42(52)31(3)47-27-40(23-32-11-7-5-8-12-32)50-44(54)37-24-36(43(53)49-30(2)34-15-19-38(45)20-16-34)25-41(26-37)51(57(4,55)56)28-33-13-9-6-10-14-33/h5-22,24-26,29-31,40,47H,23,27-28,46H2,1-4H3,(H,48,52)(H,49,53)(H,50,54)/t29-,30-,31+,40+/m1/s1. The van der Waals surface area contributed by atoms with Gasteiger partial charge in [-0.15, -0.1) is 0 Å². The summed E-state index contributed by atoms with van der Waals surface area (Å²) in [4.78, 5) is 41.3. The van der Waals surface area contributed by atoms with Crippen molar-refractivity contribution in [3.05, 3.63) is 165 Å². The van der Waals surface area contributed by atoms with E-state index in [9.17, 15) is 22.8 Å². The number of benzene rings is 5. The third-order valence-corrected chi connectivity index (χ3v) is 11.2. The van der Waals surface area contributed by atoms with Crippen LogP contribution in [0.3, 0.4) is 0 Å². The van der Waals surface area contributed by atoms with E-state index in [0.717, 1.165) is 33.0 Å². The summed E-state index contributed by atoms with van der Waals surface area (Å²) in [5, 5.41) is 12.4. The largest absolute Gasteiger partial charge is 0.399 e. The number of amides is 3. The summed E-state index contributed by atoms with van der Waals surface area (Å²) in [5.41, 5.74) is 10.3. The number of nitrogens with zero attached hydrogens (tertiary/aromatic N) is 1. The number of carbonyl (C=O) groups is 3. The number of carbonyl (C=O) groups excluding carboxylic acids is 3. The monoisotopic (exact) mass is 852 g/mol. The van der Waals surface area contributed by atoms with Crippen molar-refractivity contribution >= 4 is 55.0 Å². The lowest BCUT2D eigenvalue weighted by Crippen LogP contribution is -2.49. The van der Waals surface area contributed by atoms with Gasteiger partial charge in [0.2, 0.25) is 15.9 Å². The number of hydrogen-bond acceptors (Lipinski definition) is 7. The Morgan fingerprint density at radius 2 is 1.19 bits per heavy atom. The van der Waals surface area contributed by atoms with Crippen LogP contribution in [0, 0.1) is 0 Å². The van der Waals surface area contributed by atoms with Crippen LogP contribution in [0.15, 0.2) is 132 Å². The van der Waals surface area contributed by atoms with E-state index in [1.54, 1.807) is 19.1 Å². The zero-order valence-corrected chi connectivity index (χ0v) is 34.8. The molecule has 5 aromatic carbocycles. The molecule has 4 atom stereocenters. The third kappa shape index (κ3) is 12.5. The lowest BCUT2D eigenvalue weighted by molar-refractivity contribution is -0.123. The third-order valence-electron chi connectivity index (χ3n) is 9.54. The average molecular weight is 854 g/mol. The van der Waals surface area contributed by atoms with Gasteiger partial charge in [0.15, 0.2) is 0 Å². The minimum atomic E-state index is -3.88. The highest BCUT2D eigenvalue weighted by molar-refractivity contribution is 9.10. The molecule has 11 nitrogen and oxygen atoms in total. The highest BCUT2D eigenvalue weighted by Gasteiger charge is 2.25. The first-order valence-electron chi connectivity index (χ1n) is 18.6. The fourth-order valence-corrected chi connectivity index (χ4v) is 7.38. The van der Waals surface area contributed by atoms with Crippen LogP contribution in [0.25, 0.3) is 0 Å². The van der Waals surface area contributed by atoms with E-state index < -0.39 is 40.0 Å². The SMILES string of the molecule is C[C@H](NC[C@H](Cc1ccccc1)NC(=O)c1cc(C(=O)N[C@H](C)c2ccc(Br)cc2)cc(N(Cc2ccccc2)S(C)(=O)=O)c1)C(=O)N[C@H](C)c1ccc(N)cc1. The molecule has 0 saturated heterocycles. The Kier molecular flexibility index (Phi) is 14.6. The Balaban J connectivity index is 1.42. The maximum atomic E-state index is 14.3. The first kappa shape index (κ1) is 42.6. The summed E-state index contributed by atoms with van der Waals surface area (Å²) in [6, 6.07) is 36.2. The van der Waals surface area contributed by atoms with E-state index in [0.29, 0.717) is 12.1 Å². The molecule has 0 saturated carbocycles. The van der Waals surface area contributed by atoms with Crippen molar-refractivity contribution in [1.29, 1.82) is 0 Å². The van der Waals surface area contributed by atoms with Crippen molar-refractivity contribution in [2.75, 3.05) is 22.8 Å². The van der Waals surface area contributed by atoms with Crippen molar-refractivity contribution in [3.8, 4) is 0 Å². The lowest BCUT2D eigenvalue weighted by atomic mass is 10.0. The molecule has 0 fully saturated rings. The van der Waals surface area contributed by atoms with Gasteiger partial charge in [-0.3, -0.25) is 18.7 Å². The molecular weight excluding hydrogens is 804 g/mol. The molecule has 0 bridgehead atoms. The smallest absolute Gasteiger partial charge is 0.251 e. The van der Waals surface area contributed by atoms with E-state index in [-0.39, 0.29) is 41.9 Å². The average Bonchev–Trinajstić information content (AvgIpc) is 3.19. The fraction of sp³-hybridized carbons (Fsp3) is 0.250. The molecule has 3 amide bonds. The van der Waals surface area contributed by atoms with Gasteiger partial charge in [-0.05, 0) is 91.9 Å². The Bertz CT molecular complexity index is 2240. The van der Waals surface area contributed by atoms with Crippen LogP contribution >= 0.6 is 15.9 Å². The van der Waals surface area contributed by atoms with E-state index in [1.807, 2.05) is 111 Å². The van der Waals surface area contributed by atoms with Crippen molar-refractivity contribution in [1.82, 2.24) is 21.3 Å². The minimum absolute atomic E-state index is 0.0153. The van der Waals surface area contributed by atoms with E-state index in [4.69, 9.17) is 5.73 Å². The first-order valence-corrected chi connectivity index (χ1v) is 21.3. The summed E-state index contributed by atoms with van der Waals surface area (Å²) in [6.45, 7) is 5.70. The normalized spacial score (nSPS) is 13.4. The second-order valence-electron chi connectivity index (χ2n) is 14.2. The zero-order chi connectivity index (χ0) is 41.1. The number of nitrogens with two attached hydrogens (primary N) is 1. The molecule has 5 aromatic rings. The summed E-state index contributed by atoms with van der Waals surface area (Å²) < 4.78 is 28.7. The number of nitrogen functional groups attached to an aromatic ring is 1. The predicted molar refractivity (Wildman–Crippen MR) is 230 cm³/mol. The molecule has 0 aliphatic rings. The van der Waals surface area contributed by atoms with Crippen molar-refractivity contribution in [2.24, 2.45) is 0 Å². The Morgan fingerprint density at radius 3 is 1.75 bits per heavy atom. The molecule has 298 valence electrons. The molecule has 0 unspecified atom stereocenters. The van der Waals surface area contributed by atoms with Crippen LogP contribution in [0.1, 0.15) is 75.8 Å². The highest BCUT2D eigenvalue weighted by atomic mass is 79.9. The number of rotatable bonds is 17. The molecular formula is C44H49BrN6O5S. The molecule has 0 aliphatic heterocycles. The summed E-state index contributed by atoms with van der Waals surface area (Å²) in [7, 11) is -3.88. The van der Waals surface area contributed by atoms with Crippen LogP contribution in [-0.2, 0) is 27.8 Å². The second kappa shape index (κ2) is 19.6.